The topological polar surface area (TPSA) is 40.5 Å². The number of phenols is 2. The molecule has 0 aliphatic heterocycles. The number of aromatic hydroxyl groups is 2. The molecule has 0 heterocycles. The molecule has 0 aromatic heterocycles. The van der Waals surface area contributed by atoms with Gasteiger partial charge in [-0.2, -0.15) is 0 Å². The van der Waals surface area contributed by atoms with Crippen molar-refractivity contribution in [3.05, 3.63) is 80.7 Å². The fourth-order valence-electron chi connectivity index (χ4n) is 3.21. The molecule has 2 nitrogen and oxygen atoms in total. The van der Waals surface area contributed by atoms with Crippen molar-refractivity contribution in [3.8, 4) is 11.5 Å². The summed E-state index contributed by atoms with van der Waals surface area (Å²) in [5.41, 5.74) is 1.53. The molecule has 0 unspecified atom stereocenters. The second-order valence-electron chi connectivity index (χ2n) is 6.00. The van der Waals surface area contributed by atoms with Gasteiger partial charge in [-0.05, 0) is 22.9 Å². The smallest absolute Gasteiger partial charge is 0.127 e. The fourth-order valence-corrected chi connectivity index (χ4v) is 4.46. The van der Waals surface area contributed by atoms with Gasteiger partial charge in [0, 0.05) is 37.3 Å². The molecule has 4 rings (SSSR count). The highest BCUT2D eigenvalue weighted by Crippen LogP contribution is 2.39. The van der Waals surface area contributed by atoms with E-state index in [1.807, 2.05) is 60.7 Å². The van der Waals surface area contributed by atoms with E-state index in [0.29, 0.717) is 6.42 Å². The number of halogens is 2. The molecule has 0 atom stereocenters. The molecule has 2 N–H and O–H groups in total. The average molecular weight is 458 g/mol. The molecule has 0 fully saturated rings. The SMILES string of the molecule is Oc1c(Cc2cc(Br)c3ccccc3c2O)cc(Br)c2ccccc12. The number of fused-ring (bicyclic) bond motifs is 2. The van der Waals surface area contributed by atoms with E-state index in [2.05, 4.69) is 31.9 Å². The van der Waals surface area contributed by atoms with Gasteiger partial charge >= 0.3 is 0 Å². The molecule has 0 amide bonds. The minimum Gasteiger partial charge on any atom is -0.507 e. The zero-order valence-corrected chi connectivity index (χ0v) is 16.3. The van der Waals surface area contributed by atoms with Crippen LogP contribution in [0.2, 0.25) is 0 Å². The van der Waals surface area contributed by atoms with Crippen LogP contribution < -0.4 is 0 Å². The maximum atomic E-state index is 10.7. The van der Waals surface area contributed by atoms with Crippen LogP contribution in [0.5, 0.6) is 11.5 Å². The Morgan fingerprint density at radius 1 is 0.600 bits per heavy atom. The van der Waals surface area contributed by atoms with Crippen molar-refractivity contribution >= 4 is 53.4 Å². The second-order valence-corrected chi connectivity index (χ2v) is 7.71. The molecule has 0 saturated heterocycles. The minimum absolute atomic E-state index is 0.252. The molecular formula is C21H14Br2O2. The first-order chi connectivity index (χ1) is 12.1. The summed E-state index contributed by atoms with van der Waals surface area (Å²) < 4.78 is 1.85. The van der Waals surface area contributed by atoms with E-state index in [1.165, 1.54) is 0 Å². The molecule has 0 bridgehead atoms. The van der Waals surface area contributed by atoms with Gasteiger partial charge in [-0.15, -0.1) is 0 Å². The Balaban J connectivity index is 1.89. The molecule has 0 aliphatic rings. The van der Waals surface area contributed by atoms with E-state index in [4.69, 9.17) is 0 Å². The van der Waals surface area contributed by atoms with E-state index in [0.717, 1.165) is 41.6 Å². The highest BCUT2D eigenvalue weighted by molar-refractivity contribution is 9.11. The summed E-state index contributed by atoms with van der Waals surface area (Å²) in [7, 11) is 0. The maximum Gasteiger partial charge on any atom is 0.127 e. The van der Waals surface area contributed by atoms with Crippen LogP contribution in [0.1, 0.15) is 11.1 Å². The van der Waals surface area contributed by atoms with Crippen molar-refractivity contribution < 1.29 is 10.2 Å². The Morgan fingerprint density at radius 3 is 1.36 bits per heavy atom. The first kappa shape index (κ1) is 16.4. The molecule has 0 saturated carbocycles. The van der Waals surface area contributed by atoms with Gasteiger partial charge in [-0.1, -0.05) is 80.4 Å². The Labute approximate surface area is 162 Å². The summed E-state index contributed by atoms with van der Waals surface area (Å²) in [5, 5.41) is 24.9. The molecule has 0 aliphatic carbocycles. The van der Waals surface area contributed by atoms with Crippen LogP contribution in [0.15, 0.2) is 69.6 Å². The first-order valence-corrected chi connectivity index (χ1v) is 9.43. The van der Waals surface area contributed by atoms with Crippen LogP contribution in [0, 0.1) is 0 Å². The van der Waals surface area contributed by atoms with Gasteiger partial charge in [-0.3, -0.25) is 0 Å². The minimum atomic E-state index is 0.252. The third kappa shape index (κ3) is 2.79. The van der Waals surface area contributed by atoms with Crippen molar-refractivity contribution in [3.63, 3.8) is 0 Å². The molecule has 124 valence electrons. The summed E-state index contributed by atoms with van der Waals surface area (Å²) in [6, 6.07) is 19.3. The van der Waals surface area contributed by atoms with Crippen LogP contribution >= 0.6 is 31.9 Å². The van der Waals surface area contributed by atoms with Gasteiger partial charge in [0.2, 0.25) is 0 Å². The van der Waals surface area contributed by atoms with Crippen LogP contribution in [0.3, 0.4) is 0 Å². The van der Waals surface area contributed by atoms with Gasteiger partial charge in [-0.25, -0.2) is 0 Å². The lowest BCUT2D eigenvalue weighted by molar-refractivity contribution is 0.469. The van der Waals surface area contributed by atoms with Gasteiger partial charge in [0.1, 0.15) is 11.5 Å². The van der Waals surface area contributed by atoms with E-state index in [-0.39, 0.29) is 11.5 Å². The number of benzene rings is 4. The Bertz CT molecular complexity index is 1030. The van der Waals surface area contributed by atoms with E-state index >= 15 is 0 Å². The Morgan fingerprint density at radius 2 is 0.960 bits per heavy atom. The molecule has 25 heavy (non-hydrogen) atoms. The van der Waals surface area contributed by atoms with E-state index < -0.39 is 0 Å². The molecule has 4 aromatic carbocycles. The lowest BCUT2D eigenvalue weighted by atomic mass is 9.97. The highest BCUT2D eigenvalue weighted by atomic mass is 79.9. The monoisotopic (exact) mass is 456 g/mol. The van der Waals surface area contributed by atoms with E-state index in [1.54, 1.807) is 0 Å². The normalized spacial score (nSPS) is 11.3. The van der Waals surface area contributed by atoms with Crippen LogP contribution in [0.25, 0.3) is 21.5 Å². The van der Waals surface area contributed by atoms with Crippen LogP contribution in [-0.2, 0) is 6.42 Å². The van der Waals surface area contributed by atoms with Crippen LogP contribution in [0.4, 0.5) is 0 Å². The summed E-state index contributed by atoms with van der Waals surface area (Å²) in [5.74, 6) is 0.505. The molecular weight excluding hydrogens is 444 g/mol. The number of phenolic OH excluding ortho intramolecular Hbond substituents is 2. The van der Waals surface area contributed by atoms with Crippen molar-refractivity contribution in [1.82, 2.24) is 0 Å². The third-order valence-corrected chi connectivity index (χ3v) is 5.78. The lowest BCUT2D eigenvalue weighted by Crippen LogP contribution is -1.93. The molecule has 4 aromatic rings. The molecule has 0 spiro atoms. The van der Waals surface area contributed by atoms with Crippen LogP contribution in [-0.4, -0.2) is 10.2 Å². The van der Waals surface area contributed by atoms with Crippen molar-refractivity contribution in [2.75, 3.05) is 0 Å². The highest BCUT2D eigenvalue weighted by Gasteiger charge is 2.15. The van der Waals surface area contributed by atoms with Gasteiger partial charge < -0.3 is 10.2 Å². The lowest BCUT2D eigenvalue weighted by Gasteiger charge is -2.13. The predicted molar refractivity (Wildman–Crippen MR) is 109 cm³/mol. The summed E-state index contributed by atoms with van der Waals surface area (Å²) in [6.45, 7) is 0. The van der Waals surface area contributed by atoms with Crippen molar-refractivity contribution in [1.29, 1.82) is 0 Å². The standard InChI is InChI=1S/C21H14Br2O2/c22-18-10-12(20(24)16-7-3-1-5-14(16)18)9-13-11-19(23)15-6-2-4-8-17(15)21(13)25/h1-8,10-11,24-25H,9H2. The second kappa shape index (κ2) is 6.36. The first-order valence-electron chi connectivity index (χ1n) is 7.84. The summed E-state index contributed by atoms with van der Waals surface area (Å²) in [6.07, 6.45) is 0.435. The summed E-state index contributed by atoms with van der Waals surface area (Å²) >= 11 is 7.17. The average Bonchev–Trinajstić information content (AvgIpc) is 2.64. The van der Waals surface area contributed by atoms with Crippen molar-refractivity contribution in [2.24, 2.45) is 0 Å². The van der Waals surface area contributed by atoms with Crippen molar-refractivity contribution in [2.45, 2.75) is 6.42 Å². The fraction of sp³-hybridized carbons (Fsp3) is 0.0476. The number of rotatable bonds is 2. The largest absolute Gasteiger partial charge is 0.507 e. The zero-order chi connectivity index (χ0) is 17.6. The van der Waals surface area contributed by atoms with Gasteiger partial charge in [0.05, 0.1) is 0 Å². The van der Waals surface area contributed by atoms with E-state index in [9.17, 15) is 10.2 Å². The zero-order valence-electron chi connectivity index (χ0n) is 13.1. The number of hydrogen-bond acceptors (Lipinski definition) is 2. The quantitative estimate of drug-likeness (QED) is 0.359. The maximum absolute atomic E-state index is 10.7. The predicted octanol–water partition coefficient (Wildman–Crippen LogP) is 6.52. The molecule has 0 radical (unpaired) electrons. The Hall–Kier alpha value is -2.04. The number of hydrogen-bond donors (Lipinski definition) is 2. The van der Waals surface area contributed by atoms with Gasteiger partial charge in [0.25, 0.3) is 0 Å². The Kier molecular flexibility index (Phi) is 4.18. The van der Waals surface area contributed by atoms with Gasteiger partial charge in [0.15, 0.2) is 0 Å². The summed E-state index contributed by atoms with van der Waals surface area (Å²) in [4.78, 5) is 0. The molecule has 4 heteroatoms. The third-order valence-electron chi connectivity index (χ3n) is 4.47.